The van der Waals surface area contributed by atoms with E-state index in [0.29, 0.717) is 0 Å². The molecule has 1 heterocycles. The molecule has 2 rings (SSSR count). The first kappa shape index (κ1) is 14.9. The van der Waals surface area contributed by atoms with Gasteiger partial charge < -0.3 is 0 Å². The van der Waals surface area contributed by atoms with E-state index in [0.717, 1.165) is 23.7 Å². The van der Waals surface area contributed by atoms with Gasteiger partial charge in [0.05, 0.1) is 9.16 Å². The Morgan fingerprint density at radius 3 is 2.28 bits per heavy atom. The van der Waals surface area contributed by atoms with E-state index in [1.54, 1.807) is 11.3 Å². The zero-order valence-corrected chi connectivity index (χ0v) is 15.2. The largest absolute Gasteiger partial charge is 0.130 e. The summed E-state index contributed by atoms with van der Waals surface area (Å²) in [4.78, 5) is 1.07. The Morgan fingerprint density at radius 1 is 1.11 bits per heavy atom. The molecule has 1 aromatic carbocycles. The number of alkyl halides is 1. The molecule has 18 heavy (non-hydrogen) atoms. The summed E-state index contributed by atoms with van der Waals surface area (Å²) in [5.41, 5.74) is 3.35. The molecular formula is C13H10Br2Cl2S. The summed E-state index contributed by atoms with van der Waals surface area (Å²) in [7, 11) is 0. The van der Waals surface area contributed by atoms with Crippen molar-refractivity contribution < 1.29 is 0 Å². The summed E-state index contributed by atoms with van der Waals surface area (Å²) in [6.45, 7) is 4.12. The van der Waals surface area contributed by atoms with Crippen molar-refractivity contribution in [3.8, 4) is 0 Å². The Morgan fingerprint density at radius 2 is 1.72 bits per heavy atom. The number of aryl methyl sites for hydroxylation is 2. The number of halogens is 4. The van der Waals surface area contributed by atoms with Gasteiger partial charge in [0.25, 0.3) is 0 Å². The van der Waals surface area contributed by atoms with Crippen LogP contribution in [-0.4, -0.2) is 0 Å². The smallest absolute Gasteiger partial charge is 0.0943 e. The third-order valence-electron chi connectivity index (χ3n) is 2.80. The lowest BCUT2D eigenvalue weighted by Crippen LogP contribution is -1.94. The summed E-state index contributed by atoms with van der Waals surface area (Å²) in [6.07, 6.45) is 0. The Labute approximate surface area is 138 Å². The van der Waals surface area contributed by atoms with Crippen molar-refractivity contribution in [3.63, 3.8) is 0 Å². The lowest BCUT2D eigenvalue weighted by atomic mass is 10.0. The van der Waals surface area contributed by atoms with Crippen molar-refractivity contribution in [1.82, 2.24) is 0 Å². The van der Waals surface area contributed by atoms with E-state index < -0.39 is 0 Å². The van der Waals surface area contributed by atoms with Gasteiger partial charge in [0, 0.05) is 14.4 Å². The maximum Gasteiger partial charge on any atom is 0.0943 e. The van der Waals surface area contributed by atoms with Crippen LogP contribution in [0.4, 0.5) is 0 Å². The summed E-state index contributed by atoms with van der Waals surface area (Å²) in [5.74, 6) is 0. The van der Waals surface area contributed by atoms with Crippen LogP contribution in [0.1, 0.15) is 26.9 Å². The molecule has 0 saturated heterocycles. The molecule has 0 radical (unpaired) electrons. The molecule has 0 aliphatic rings. The molecule has 5 heteroatoms. The van der Waals surface area contributed by atoms with E-state index in [4.69, 9.17) is 23.2 Å². The average Bonchev–Trinajstić information content (AvgIpc) is 2.63. The van der Waals surface area contributed by atoms with Crippen LogP contribution in [0.25, 0.3) is 0 Å². The van der Waals surface area contributed by atoms with Crippen LogP contribution in [0.2, 0.25) is 5.02 Å². The van der Waals surface area contributed by atoms with Crippen LogP contribution in [0, 0.1) is 13.8 Å². The molecule has 0 saturated carbocycles. The van der Waals surface area contributed by atoms with Gasteiger partial charge in [-0.15, -0.1) is 22.9 Å². The van der Waals surface area contributed by atoms with E-state index in [2.05, 4.69) is 44.8 Å². The molecule has 1 aromatic heterocycles. The Bertz CT molecular complexity index is 573. The molecule has 0 fully saturated rings. The van der Waals surface area contributed by atoms with Gasteiger partial charge in [0.1, 0.15) is 0 Å². The summed E-state index contributed by atoms with van der Waals surface area (Å²) < 4.78 is 2.07. The molecular weight excluding hydrogens is 419 g/mol. The predicted octanol–water partition coefficient (Wildman–Crippen LogP) is 6.87. The fourth-order valence-corrected chi connectivity index (χ4v) is 4.49. The summed E-state index contributed by atoms with van der Waals surface area (Å²) in [6, 6.07) is 6.06. The number of hydrogen-bond acceptors (Lipinski definition) is 1. The van der Waals surface area contributed by atoms with Crippen LogP contribution in [0.3, 0.4) is 0 Å². The molecule has 1 unspecified atom stereocenters. The van der Waals surface area contributed by atoms with Gasteiger partial charge in [-0.25, -0.2) is 0 Å². The Hall–Kier alpha value is 0.460. The highest BCUT2D eigenvalue weighted by atomic mass is 79.9. The first-order valence-electron chi connectivity index (χ1n) is 5.25. The maximum absolute atomic E-state index is 6.53. The van der Waals surface area contributed by atoms with Crippen LogP contribution in [-0.2, 0) is 0 Å². The molecule has 0 N–H and O–H groups in total. The highest BCUT2D eigenvalue weighted by Gasteiger charge is 2.18. The molecule has 2 aromatic rings. The van der Waals surface area contributed by atoms with Gasteiger partial charge in [-0.1, -0.05) is 17.7 Å². The van der Waals surface area contributed by atoms with Gasteiger partial charge in [-0.05, 0) is 74.5 Å². The number of hydrogen-bond donors (Lipinski definition) is 0. The maximum atomic E-state index is 6.53. The first-order chi connectivity index (χ1) is 8.40. The lowest BCUT2D eigenvalue weighted by Gasteiger charge is -2.12. The van der Waals surface area contributed by atoms with Crippen LogP contribution < -0.4 is 0 Å². The van der Waals surface area contributed by atoms with Crippen LogP contribution in [0.5, 0.6) is 0 Å². The van der Waals surface area contributed by atoms with Crippen molar-refractivity contribution in [2.75, 3.05) is 0 Å². The van der Waals surface area contributed by atoms with Crippen LogP contribution in [0.15, 0.2) is 26.5 Å². The molecule has 0 bridgehead atoms. The zero-order chi connectivity index (χ0) is 13.4. The molecule has 0 spiro atoms. The number of benzene rings is 1. The van der Waals surface area contributed by atoms with Gasteiger partial charge in [0.15, 0.2) is 0 Å². The van der Waals surface area contributed by atoms with Gasteiger partial charge in [-0.2, -0.15) is 0 Å². The standard InChI is InChI=1S/C13H10Br2Cl2S/c1-6-3-8(10(16)4-7(6)2)12(17)11-5-9(14)13(15)18-11/h3-5,12H,1-2H3. The molecule has 0 aliphatic heterocycles. The monoisotopic (exact) mass is 426 g/mol. The van der Waals surface area contributed by atoms with Crippen molar-refractivity contribution in [2.24, 2.45) is 0 Å². The lowest BCUT2D eigenvalue weighted by molar-refractivity contribution is 1.16. The fourth-order valence-electron chi connectivity index (χ4n) is 1.64. The highest BCUT2D eigenvalue weighted by molar-refractivity contribution is 9.13. The van der Waals surface area contributed by atoms with Gasteiger partial charge in [0.2, 0.25) is 0 Å². The second-order valence-electron chi connectivity index (χ2n) is 4.09. The Kier molecular flexibility index (Phi) is 4.82. The molecule has 0 amide bonds. The van der Waals surface area contributed by atoms with Gasteiger partial charge in [-0.3, -0.25) is 0 Å². The zero-order valence-electron chi connectivity index (χ0n) is 9.73. The SMILES string of the molecule is Cc1cc(Cl)c(C(Cl)c2cc(Br)c(Br)s2)cc1C. The van der Waals surface area contributed by atoms with E-state index >= 15 is 0 Å². The fraction of sp³-hybridized carbons (Fsp3) is 0.231. The van der Waals surface area contributed by atoms with Crippen molar-refractivity contribution >= 4 is 66.4 Å². The quantitative estimate of drug-likeness (QED) is 0.458. The molecule has 96 valence electrons. The second kappa shape index (κ2) is 5.84. The van der Waals surface area contributed by atoms with Crippen molar-refractivity contribution in [3.05, 3.63) is 53.0 Å². The second-order valence-corrected chi connectivity index (χ2v) is 8.19. The summed E-state index contributed by atoms with van der Waals surface area (Å²) in [5, 5.41) is 0.503. The van der Waals surface area contributed by atoms with E-state index in [9.17, 15) is 0 Å². The topological polar surface area (TPSA) is 0 Å². The Balaban J connectivity index is 2.45. The average molecular weight is 429 g/mol. The van der Waals surface area contributed by atoms with Crippen LogP contribution >= 0.6 is 66.4 Å². The minimum atomic E-state index is -0.218. The van der Waals surface area contributed by atoms with E-state index in [1.807, 2.05) is 19.1 Å². The van der Waals surface area contributed by atoms with E-state index in [-0.39, 0.29) is 5.38 Å². The third-order valence-corrected chi connectivity index (χ3v) is 7.05. The first-order valence-corrected chi connectivity index (χ1v) is 8.47. The van der Waals surface area contributed by atoms with E-state index in [1.165, 1.54) is 11.1 Å². The minimum absolute atomic E-state index is 0.218. The number of rotatable bonds is 2. The van der Waals surface area contributed by atoms with Crippen molar-refractivity contribution in [2.45, 2.75) is 19.2 Å². The molecule has 0 aliphatic carbocycles. The normalized spacial score (nSPS) is 12.8. The molecule has 0 nitrogen and oxygen atoms in total. The summed E-state index contributed by atoms with van der Waals surface area (Å²) >= 11 is 21.4. The molecule has 1 atom stereocenters. The van der Waals surface area contributed by atoms with Gasteiger partial charge >= 0.3 is 0 Å². The van der Waals surface area contributed by atoms with Crippen molar-refractivity contribution in [1.29, 1.82) is 0 Å². The third kappa shape index (κ3) is 2.96. The highest BCUT2D eigenvalue weighted by Crippen LogP contribution is 2.42. The number of thiophene rings is 1. The minimum Gasteiger partial charge on any atom is -0.130 e. The predicted molar refractivity (Wildman–Crippen MR) is 88.3 cm³/mol.